The van der Waals surface area contributed by atoms with Crippen LogP contribution in [0.5, 0.6) is 0 Å². The largest absolute Gasteiger partial charge is 0.348 e. The molecule has 1 aliphatic rings. The Hall–Kier alpha value is -0.370. The number of amides is 1. The summed E-state index contributed by atoms with van der Waals surface area (Å²) < 4.78 is 25.4. The first-order valence-electron chi connectivity index (χ1n) is 5.22. The number of carbonyl (C=O) groups is 1. The summed E-state index contributed by atoms with van der Waals surface area (Å²) in [6, 6.07) is -0.114. The molecule has 0 aliphatic carbocycles. The van der Waals surface area contributed by atoms with Crippen LogP contribution in [0.2, 0.25) is 0 Å². The molecule has 0 aromatic carbocycles. The van der Waals surface area contributed by atoms with E-state index in [1.54, 1.807) is 14.1 Å². The standard InChI is InChI=1S/C9H19N3O3S.ClH/c1-7(9(13)11(2)3)16(14,15)12-5-4-8(10)6-12;/h7-8H,4-6,10H2,1-3H3;1H/t7?,8-;/m0./s1. The summed E-state index contributed by atoms with van der Waals surface area (Å²) in [7, 11) is -0.462. The van der Waals surface area contributed by atoms with Crippen molar-refractivity contribution < 1.29 is 13.2 Å². The Balaban J connectivity index is 0.00000256. The minimum Gasteiger partial charge on any atom is -0.348 e. The van der Waals surface area contributed by atoms with Crippen molar-refractivity contribution >= 4 is 28.3 Å². The van der Waals surface area contributed by atoms with Gasteiger partial charge in [0.1, 0.15) is 0 Å². The van der Waals surface area contributed by atoms with E-state index in [9.17, 15) is 13.2 Å². The molecule has 1 aliphatic heterocycles. The number of carbonyl (C=O) groups excluding carboxylic acids is 1. The van der Waals surface area contributed by atoms with Gasteiger partial charge in [0.2, 0.25) is 15.9 Å². The summed E-state index contributed by atoms with van der Waals surface area (Å²) in [6.45, 7) is 2.14. The summed E-state index contributed by atoms with van der Waals surface area (Å²) in [5, 5.41) is -1.03. The Bertz CT molecular complexity index is 372. The second-order valence-electron chi connectivity index (χ2n) is 4.33. The first-order chi connectivity index (χ1) is 7.26. The first-order valence-corrected chi connectivity index (χ1v) is 6.73. The van der Waals surface area contributed by atoms with E-state index in [4.69, 9.17) is 5.73 Å². The van der Waals surface area contributed by atoms with E-state index < -0.39 is 21.2 Å². The Labute approximate surface area is 109 Å². The van der Waals surface area contributed by atoms with E-state index in [0.29, 0.717) is 19.5 Å². The van der Waals surface area contributed by atoms with Gasteiger partial charge in [0, 0.05) is 33.2 Å². The molecule has 102 valence electrons. The highest BCUT2D eigenvalue weighted by atomic mass is 35.5. The topological polar surface area (TPSA) is 83.7 Å². The van der Waals surface area contributed by atoms with Crippen LogP contribution in [0.1, 0.15) is 13.3 Å². The van der Waals surface area contributed by atoms with Crippen molar-refractivity contribution in [3.63, 3.8) is 0 Å². The molecular weight excluding hydrogens is 266 g/mol. The molecule has 1 fully saturated rings. The molecule has 1 unspecified atom stereocenters. The van der Waals surface area contributed by atoms with Gasteiger partial charge in [0.25, 0.3) is 0 Å². The fourth-order valence-corrected chi connectivity index (χ4v) is 3.37. The van der Waals surface area contributed by atoms with Crippen LogP contribution in [-0.2, 0) is 14.8 Å². The smallest absolute Gasteiger partial charge is 0.241 e. The summed E-state index contributed by atoms with van der Waals surface area (Å²) in [5.74, 6) is -0.402. The third-order valence-electron chi connectivity index (χ3n) is 2.78. The molecule has 0 aromatic heterocycles. The van der Waals surface area contributed by atoms with Gasteiger partial charge in [0.15, 0.2) is 5.25 Å². The Morgan fingerprint density at radius 1 is 1.47 bits per heavy atom. The highest BCUT2D eigenvalue weighted by molar-refractivity contribution is 7.90. The lowest BCUT2D eigenvalue weighted by Gasteiger charge is -2.22. The molecule has 2 N–H and O–H groups in total. The third-order valence-corrected chi connectivity index (χ3v) is 4.93. The summed E-state index contributed by atoms with van der Waals surface area (Å²) in [5.41, 5.74) is 5.66. The van der Waals surface area contributed by atoms with Gasteiger partial charge in [-0.25, -0.2) is 8.42 Å². The number of nitrogens with zero attached hydrogens (tertiary/aromatic N) is 2. The molecule has 0 bridgehead atoms. The maximum Gasteiger partial charge on any atom is 0.241 e. The Morgan fingerprint density at radius 2 is 2.00 bits per heavy atom. The predicted octanol–water partition coefficient (Wildman–Crippen LogP) is -0.752. The van der Waals surface area contributed by atoms with Crippen LogP contribution >= 0.6 is 12.4 Å². The monoisotopic (exact) mass is 285 g/mol. The second-order valence-corrected chi connectivity index (χ2v) is 6.58. The van der Waals surface area contributed by atoms with E-state index in [2.05, 4.69) is 0 Å². The van der Waals surface area contributed by atoms with Gasteiger partial charge in [0.05, 0.1) is 0 Å². The second kappa shape index (κ2) is 5.99. The van der Waals surface area contributed by atoms with Crippen LogP contribution in [0.25, 0.3) is 0 Å². The van der Waals surface area contributed by atoms with Gasteiger partial charge in [-0.15, -0.1) is 12.4 Å². The van der Waals surface area contributed by atoms with Gasteiger partial charge in [-0.3, -0.25) is 4.79 Å². The van der Waals surface area contributed by atoms with Crippen molar-refractivity contribution in [1.29, 1.82) is 0 Å². The quantitative estimate of drug-likeness (QED) is 0.739. The zero-order valence-corrected chi connectivity index (χ0v) is 11.9. The molecule has 0 spiro atoms. The molecule has 0 aromatic rings. The SMILES string of the molecule is CC(C(=O)N(C)C)S(=O)(=O)N1CC[C@H](N)C1.Cl. The van der Waals surface area contributed by atoms with Crippen molar-refractivity contribution in [3.05, 3.63) is 0 Å². The fourth-order valence-electron chi connectivity index (χ4n) is 1.70. The maximum atomic E-state index is 12.0. The predicted molar refractivity (Wildman–Crippen MR) is 68.5 cm³/mol. The number of rotatable bonds is 3. The Kier molecular flexibility index (Phi) is 5.86. The van der Waals surface area contributed by atoms with Crippen LogP contribution in [-0.4, -0.2) is 62.0 Å². The van der Waals surface area contributed by atoms with Gasteiger partial charge in [-0.1, -0.05) is 0 Å². The molecule has 1 rings (SSSR count). The van der Waals surface area contributed by atoms with Crippen LogP contribution in [0, 0.1) is 0 Å². The molecular formula is C9H20ClN3O3S. The number of halogens is 1. The summed E-state index contributed by atoms with van der Waals surface area (Å²) in [4.78, 5) is 12.9. The molecule has 1 heterocycles. The van der Waals surface area contributed by atoms with Crippen molar-refractivity contribution in [2.45, 2.75) is 24.6 Å². The molecule has 1 saturated heterocycles. The third kappa shape index (κ3) is 3.54. The summed E-state index contributed by atoms with van der Waals surface area (Å²) in [6.07, 6.45) is 0.655. The van der Waals surface area contributed by atoms with Crippen LogP contribution in [0.3, 0.4) is 0 Å². The average molecular weight is 286 g/mol. The van der Waals surface area contributed by atoms with Crippen molar-refractivity contribution in [2.24, 2.45) is 5.73 Å². The number of sulfonamides is 1. The molecule has 0 saturated carbocycles. The number of hydrogen-bond acceptors (Lipinski definition) is 4. The van der Waals surface area contributed by atoms with Crippen molar-refractivity contribution in [1.82, 2.24) is 9.21 Å². The molecule has 0 radical (unpaired) electrons. The van der Waals surface area contributed by atoms with Crippen LogP contribution in [0.4, 0.5) is 0 Å². The maximum absolute atomic E-state index is 12.0. The average Bonchev–Trinajstić information content (AvgIpc) is 2.62. The highest BCUT2D eigenvalue weighted by Gasteiger charge is 2.37. The molecule has 1 amide bonds. The first kappa shape index (κ1) is 16.6. The molecule has 6 nitrogen and oxygen atoms in total. The summed E-state index contributed by atoms with van der Waals surface area (Å²) >= 11 is 0. The lowest BCUT2D eigenvalue weighted by atomic mass is 10.3. The molecule has 8 heteroatoms. The fraction of sp³-hybridized carbons (Fsp3) is 0.889. The zero-order chi connectivity index (χ0) is 12.5. The van der Waals surface area contributed by atoms with E-state index >= 15 is 0 Å². The van der Waals surface area contributed by atoms with Crippen molar-refractivity contribution in [2.75, 3.05) is 27.2 Å². The van der Waals surface area contributed by atoms with Gasteiger partial charge in [-0.05, 0) is 13.3 Å². The number of hydrogen-bond donors (Lipinski definition) is 1. The number of nitrogens with two attached hydrogens (primary N) is 1. The zero-order valence-electron chi connectivity index (χ0n) is 10.3. The minimum absolute atomic E-state index is 0. The molecule has 17 heavy (non-hydrogen) atoms. The van der Waals surface area contributed by atoms with Crippen LogP contribution in [0.15, 0.2) is 0 Å². The minimum atomic E-state index is -3.55. The lowest BCUT2D eigenvalue weighted by molar-refractivity contribution is -0.128. The molecule has 2 atom stereocenters. The van der Waals surface area contributed by atoms with Crippen molar-refractivity contribution in [3.8, 4) is 0 Å². The van der Waals surface area contributed by atoms with E-state index in [1.165, 1.54) is 16.1 Å². The normalized spacial score (nSPS) is 22.9. The Morgan fingerprint density at radius 3 is 2.35 bits per heavy atom. The van der Waals surface area contributed by atoms with E-state index in [-0.39, 0.29) is 18.4 Å². The van der Waals surface area contributed by atoms with Gasteiger partial charge < -0.3 is 10.6 Å². The van der Waals surface area contributed by atoms with Gasteiger partial charge >= 0.3 is 0 Å². The van der Waals surface area contributed by atoms with Crippen LogP contribution < -0.4 is 5.73 Å². The van der Waals surface area contributed by atoms with E-state index in [0.717, 1.165) is 0 Å². The highest BCUT2D eigenvalue weighted by Crippen LogP contribution is 2.17. The lowest BCUT2D eigenvalue weighted by Crippen LogP contribution is -2.45. The van der Waals surface area contributed by atoms with Gasteiger partial charge in [-0.2, -0.15) is 4.31 Å². The van der Waals surface area contributed by atoms with E-state index in [1.807, 2.05) is 0 Å².